The third kappa shape index (κ3) is 6.08. The number of benzene rings is 1. The maximum absolute atomic E-state index is 5.53. The predicted molar refractivity (Wildman–Crippen MR) is 82.9 cm³/mol. The van der Waals surface area contributed by atoms with Gasteiger partial charge in [0.1, 0.15) is 0 Å². The zero-order valence-corrected chi connectivity index (χ0v) is 12.9. The fourth-order valence-corrected chi connectivity index (χ4v) is 1.89. The quantitative estimate of drug-likeness (QED) is 0.730. The molecule has 1 aromatic carbocycles. The Hall–Kier alpha value is -1.06. The molecule has 1 atom stereocenters. The van der Waals surface area contributed by atoms with E-state index in [1.54, 1.807) is 0 Å². The lowest BCUT2D eigenvalue weighted by Gasteiger charge is -2.17. The van der Waals surface area contributed by atoms with E-state index >= 15 is 0 Å². The molecule has 0 spiro atoms. The maximum Gasteiger partial charge on any atom is 0.0518 e. The SMILES string of the molecule is CC(C)OCCCNC(C)c1ccc(N(C)C)cc1. The molecule has 1 aromatic rings. The summed E-state index contributed by atoms with van der Waals surface area (Å²) in [6.07, 6.45) is 1.38. The lowest BCUT2D eigenvalue weighted by Crippen LogP contribution is -2.21. The zero-order valence-electron chi connectivity index (χ0n) is 12.9. The van der Waals surface area contributed by atoms with Crippen LogP contribution in [0.2, 0.25) is 0 Å². The summed E-state index contributed by atoms with van der Waals surface area (Å²) in [7, 11) is 4.12. The van der Waals surface area contributed by atoms with Crippen LogP contribution in [0.5, 0.6) is 0 Å². The molecule has 0 aliphatic carbocycles. The van der Waals surface area contributed by atoms with Crippen LogP contribution >= 0.6 is 0 Å². The van der Waals surface area contributed by atoms with Gasteiger partial charge in [-0.1, -0.05) is 12.1 Å². The molecule has 0 bridgehead atoms. The van der Waals surface area contributed by atoms with Crippen LogP contribution in [-0.2, 0) is 4.74 Å². The number of hydrogen-bond donors (Lipinski definition) is 1. The molecule has 0 aliphatic heterocycles. The van der Waals surface area contributed by atoms with Crippen LogP contribution in [0.4, 0.5) is 5.69 Å². The third-order valence-electron chi connectivity index (χ3n) is 3.13. The van der Waals surface area contributed by atoms with Gasteiger partial charge in [0.25, 0.3) is 0 Å². The van der Waals surface area contributed by atoms with Crippen molar-refractivity contribution in [1.29, 1.82) is 0 Å². The van der Waals surface area contributed by atoms with Gasteiger partial charge in [0, 0.05) is 32.4 Å². The monoisotopic (exact) mass is 264 g/mol. The molecule has 0 heterocycles. The van der Waals surface area contributed by atoms with Crippen molar-refractivity contribution in [3.05, 3.63) is 29.8 Å². The number of anilines is 1. The highest BCUT2D eigenvalue weighted by Gasteiger charge is 2.04. The first kappa shape index (κ1) is 16.0. The minimum Gasteiger partial charge on any atom is -0.379 e. The number of nitrogens with one attached hydrogen (secondary N) is 1. The normalized spacial score (nSPS) is 12.7. The molecule has 0 saturated carbocycles. The Bertz CT molecular complexity index is 346. The van der Waals surface area contributed by atoms with Crippen molar-refractivity contribution in [2.45, 2.75) is 39.3 Å². The van der Waals surface area contributed by atoms with Crippen LogP contribution in [0.3, 0.4) is 0 Å². The fraction of sp³-hybridized carbons (Fsp3) is 0.625. The van der Waals surface area contributed by atoms with Gasteiger partial charge >= 0.3 is 0 Å². The fourth-order valence-electron chi connectivity index (χ4n) is 1.89. The van der Waals surface area contributed by atoms with E-state index in [9.17, 15) is 0 Å². The van der Waals surface area contributed by atoms with Crippen LogP contribution in [0.1, 0.15) is 38.8 Å². The average Bonchev–Trinajstić information content (AvgIpc) is 2.37. The Kier molecular flexibility index (Phi) is 6.89. The molecule has 1 rings (SSSR count). The molecule has 19 heavy (non-hydrogen) atoms. The topological polar surface area (TPSA) is 24.5 Å². The van der Waals surface area contributed by atoms with E-state index in [1.807, 2.05) is 0 Å². The molecule has 0 radical (unpaired) electrons. The average molecular weight is 264 g/mol. The Morgan fingerprint density at radius 1 is 1.11 bits per heavy atom. The van der Waals surface area contributed by atoms with Crippen molar-refractivity contribution in [3.63, 3.8) is 0 Å². The molecule has 3 heteroatoms. The van der Waals surface area contributed by atoms with Crippen molar-refractivity contribution in [2.24, 2.45) is 0 Å². The highest BCUT2D eigenvalue weighted by Crippen LogP contribution is 2.17. The second-order valence-electron chi connectivity index (χ2n) is 5.43. The van der Waals surface area contributed by atoms with Crippen molar-refractivity contribution < 1.29 is 4.74 Å². The van der Waals surface area contributed by atoms with Crippen LogP contribution in [-0.4, -0.2) is 33.4 Å². The molecule has 0 aromatic heterocycles. The van der Waals surface area contributed by atoms with Gasteiger partial charge < -0.3 is 15.0 Å². The van der Waals surface area contributed by atoms with Gasteiger partial charge in [-0.15, -0.1) is 0 Å². The summed E-state index contributed by atoms with van der Waals surface area (Å²) in [6.45, 7) is 8.17. The summed E-state index contributed by atoms with van der Waals surface area (Å²) < 4.78 is 5.53. The first-order valence-electron chi connectivity index (χ1n) is 7.13. The highest BCUT2D eigenvalue weighted by molar-refractivity contribution is 5.46. The molecule has 1 unspecified atom stereocenters. The van der Waals surface area contributed by atoms with Crippen LogP contribution < -0.4 is 10.2 Å². The minimum atomic E-state index is 0.330. The van der Waals surface area contributed by atoms with Gasteiger partial charge in [-0.25, -0.2) is 0 Å². The summed E-state index contributed by atoms with van der Waals surface area (Å²) in [6, 6.07) is 9.09. The molecule has 108 valence electrons. The number of nitrogens with zero attached hydrogens (tertiary/aromatic N) is 1. The Balaban J connectivity index is 2.31. The highest BCUT2D eigenvalue weighted by atomic mass is 16.5. The summed E-state index contributed by atoms with van der Waals surface area (Å²) in [4.78, 5) is 2.12. The van der Waals surface area contributed by atoms with Crippen LogP contribution in [0.15, 0.2) is 24.3 Å². The van der Waals surface area contributed by atoms with Gasteiger partial charge in [0.05, 0.1) is 6.10 Å². The summed E-state index contributed by atoms with van der Waals surface area (Å²) in [5.74, 6) is 0. The third-order valence-corrected chi connectivity index (χ3v) is 3.13. The summed E-state index contributed by atoms with van der Waals surface area (Å²) >= 11 is 0. The van der Waals surface area contributed by atoms with E-state index in [4.69, 9.17) is 4.74 Å². The van der Waals surface area contributed by atoms with Crippen molar-refractivity contribution >= 4 is 5.69 Å². The van der Waals surface area contributed by atoms with Crippen molar-refractivity contribution in [2.75, 3.05) is 32.1 Å². The van der Waals surface area contributed by atoms with Gasteiger partial charge in [-0.2, -0.15) is 0 Å². The summed E-state index contributed by atoms with van der Waals surface area (Å²) in [5.41, 5.74) is 2.57. The Labute approximate surface area is 118 Å². The lowest BCUT2D eigenvalue weighted by molar-refractivity contribution is 0.0768. The van der Waals surface area contributed by atoms with Gasteiger partial charge in [-0.3, -0.25) is 0 Å². The predicted octanol–water partition coefficient (Wildman–Crippen LogP) is 3.22. The molecule has 0 amide bonds. The van der Waals surface area contributed by atoms with Crippen molar-refractivity contribution in [3.8, 4) is 0 Å². The van der Waals surface area contributed by atoms with Crippen molar-refractivity contribution in [1.82, 2.24) is 5.32 Å². The standard InChI is InChI=1S/C16H28N2O/c1-13(2)19-12-6-11-17-14(3)15-7-9-16(10-8-15)18(4)5/h7-10,13-14,17H,6,11-12H2,1-5H3. The largest absolute Gasteiger partial charge is 0.379 e. The molecule has 0 saturated heterocycles. The first-order valence-corrected chi connectivity index (χ1v) is 7.13. The van der Waals surface area contributed by atoms with E-state index in [-0.39, 0.29) is 0 Å². The first-order chi connectivity index (χ1) is 9.00. The van der Waals surface area contributed by atoms with E-state index in [2.05, 4.69) is 69.3 Å². The van der Waals surface area contributed by atoms with E-state index < -0.39 is 0 Å². The van der Waals surface area contributed by atoms with Crippen LogP contribution in [0, 0.1) is 0 Å². The minimum absolute atomic E-state index is 0.330. The lowest BCUT2D eigenvalue weighted by atomic mass is 10.1. The molecule has 0 aliphatic rings. The molecular weight excluding hydrogens is 236 g/mol. The van der Waals surface area contributed by atoms with E-state index in [0.717, 1.165) is 19.6 Å². The van der Waals surface area contributed by atoms with Gasteiger partial charge in [0.2, 0.25) is 0 Å². The summed E-state index contributed by atoms with van der Waals surface area (Å²) in [5, 5.41) is 3.53. The molecular formula is C16H28N2O. The maximum atomic E-state index is 5.53. The Morgan fingerprint density at radius 2 is 1.74 bits per heavy atom. The molecule has 0 fully saturated rings. The van der Waals surface area contributed by atoms with Crippen LogP contribution in [0.25, 0.3) is 0 Å². The smallest absolute Gasteiger partial charge is 0.0518 e. The second kappa shape index (κ2) is 8.18. The number of rotatable bonds is 8. The Morgan fingerprint density at radius 3 is 2.26 bits per heavy atom. The van der Waals surface area contributed by atoms with Gasteiger partial charge in [-0.05, 0) is 51.4 Å². The number of hydrogen-bond acceptors (Lipinski definition) is 3. The zero-order chi connectivity index (χ0) is 14.3. The van der Waals surface area contributed by atoms with Gasteiger partial charge in [0.15, 0.2) is 0 Å². The molecule has 1 N–H and O–H groups in total. The number of ether oxygens (including phenoxy) is 1. The van der Waals surface area contributed by atoms with E-state index in [0.29, 0.717) is 12.1 Å². The molecule has 3 nitrogen and oxygen atoms in total. The second-order valence-corrected chi connectivity index (χ2v) is 5.43. The van der Waals surface area contributed by atoms with E-state index in [1.165, 1.54) is 11.3 Å².